The van der Waals surface area contributed by atoms with E-state index >= 15 is 0 Å². The number of aromatic nitrogens is 2. The van der Waals surface area contributed by atoms with E-state index in [1.165, 1.54) is 5.56 Å². The van der Waals surface area contributed by atoms with Gasteiger partial charge in [0, 0.05) is 39.6 Å². The molecule has 0 amide bonds. The maximum absolute atomic E-state index is 7.99. The third kappa shape index (κ3) is 4.79. The summed E-state index contributed by atoms with van der Waals surface area (Å²) < 4.78 is 8.51. The zero-order valence-corrected chi connectivity index (χ0v) is 25.1. The number of hydrogen-bond donors (Lipinski definition) is 0. The van der Waals surface area contributed by atoms with Gasteiger partial charge in [0.15, 0.2) is 5.58 Å². The lowest BCUT2D eigenvalue weighted by molar-refractivity contribution is 0.586. The molecule has 46 heavy (non-hydrogen) atoms. The number of para-hydroxylation sites is 3. The smallest absolute Gasteiger partial charge is 0.248 e. The average molecular weight is 593 g/mol. The highest BCUT2D eigenvalue weighted by molar-refractivity contribution is 6.12. The number of oxazole rings is 1. The van der Waals surface area contributed by atoms with Crippen molar-refractivity contribution in [2.45, 2.75) is 6.92 Å². The van der Waals surface area contributed by atoms with E-state index in [2.05, 4.69) is 112 Å². The molecule has 0 saturated heterocycles. The number of nitrogens with zero attached hydrogens (tertiary/aromatic N) is 4. The second-order valence-corrected chi connectivity index (χ2v) is 11.3. The minimum Gasteiger partial charge on any atom is -0.447 e. The fourth-order valence-corrected chi connectivity index (χ4v) is 6.09. The maximum atomic E-state index is 7.99. The van der Waals surface area contributed by atoms with Gasteiger partial charge in [-0.25, -0.2) is 9.83 Å². The van der Waals surface area contributed by atoms with Crippen LogP contribution in [0.1, 0.15) is 17.0 Å². The summed E-state index contributed by atoms with van der Waals surface area (Å²) in [4.78, 5) is 10.8. The monoisotopic (exact) mass is 592 g/mol. The molecule has 0 aliphatic carbocycles. The summed E-state index contributed by atoms with van der Waals surface area (Å²) in [5.41, 5.74) is 10.2. The molecule has 8 rings (SSSR count). The molecule has 5 nitrogen and oxygen atoms in total. The van der Waals surface area contributed by atoms with Crippen molar-refractivity contribution in [3.63, 3.8) is 0 Å². The third-order valence-corrected chi connectivity index (χ3v) is 8.30. The Labute approximate surface area is 266 Å². The fourth-order valence-electron chi connectivity index (χ4n) is 6.09. The first-order valence-electron chi connectivity index (χ1n) is 15.2. The number of benzene rings is 6. The van der Waals surface area contributed by atoms with E-state index in [0.29, 0.717) is 17.2 Å². The Balaban J connectivity index is 1.17. The van der Waals surface area contributed by atoms with Crippen molar-refractivity contribution in [1.82, 2.24) is 9.55 Å². The Morgan fingerprint density at radius 2 is 1.33 bits per heavy atom. The summed E-state index contributed by atoms with van der Waals surface area (Å²) in [6.07, 6.45) is 1.83. The van der Waals surface area contributed by atoms with Gasteiger partial charge in [0.1, 0.15) is 5.52 Å². The zero-order valence-electron chi connectivity index (χ0n) is 25.1. The second-order valence-electron chi connectivity index (χ2n) is 11.3. The number of hydrogen-bond acceptors (Lipinski definition) is 3. The molecule has 218 valence electrons. The summed E-state index contributed by atoms with van der Waals surface area (Å²) >= 11 is 0. The third-order valence-electron chi connectivity index (χ3n) is 8.30. The average Bonchev–Trinajstić information content (AvgIpc) is 3.67. The highest BCUT2D eigenvalue weighted by Gasteiger charge is 2.18. The van der Waals surface area contributed by atoms with Gasteiger partial charge >= 0.3 is 0 Å². The highest BCUT2D eigenvalue weighted by Crippen LogP contribution is 2.37. The normalized spacial score (nSPS) is 11.7. The van der Waals surface area contributed by atoms with Gasteiger partial charge < -0.3 is 13.9 Å². The van der Waals surface area contributed by atoms with E-state index in [0.717, 1.165) is 55.6 Å². The Kier molecular flexibility index (Phi) is 6.67. The van der Waals surface area contributed by atoms with E-state index in [9.17, 15) is 0 Å². The van der Waals surface area contributed by atoms with Gasteiger partial charge in [-0.15, -0.1) is 0 Å². The van der Waals surface area contributed by atoms with Gasteiger partial charge in [0.05, 0.1) is 17.6 Å². The molecule has 0 radical (unpaired) electrons. The molecule has 0 bridgehead atoms. The Hall–Kier alpha value is -6.38. The molecule has 0 spiro atoms. The van der Waals surface area contributed by atoms with Crippen LogP contribution in [0.2, 0.25) is 0 Å². The Morgan fingerprint density at radius 1 is 0.696 bits per heavy atom. The fraction of sp³-hybridized carbons (Fsp3) is 0.0244. The van der Waals surface area contributed by atoms with Crippen LogP contribution in [0.3, 0.4) is 0 Å². The molecule has 5 heteroatoms. The Bertz CT molecular complexity index is 2410. The molecule has 0 fully saturated rings. The molecule has 0 atom stereocenters. The standard InChI is InChI=1S/C41H28N4O/c1-28-17-21-32(22-18-28)44(30-11-5-3-6-12-30)33-23-19-29(20-24-33)25-37(42-2)41-43-36-26-35-34-15-9-10-16-38(34)45(31-13-7-4-8-14-31)39(35)27-40(36)46-41/h3-27H,1H3/b37-25-. The van der Waals surface area contributed by atoms with E-state index in [-0.39, 0.29) is 0 Å². The van der Waals surface area contributed by atoms with Crippen molar-refractivity contribution in [3.05, 3.63) is 174 Å². The number of anilines is 3. The van der Waals surface area contributed by atoms with Crippen molar-refractivity contribution in [3.8, 4) is 5.69 Å². The van der Waals surface area contributed by atoms with Crippen LogP contribution >= 0.6 is 0 Å². The Morgan fingerprint density at radius 3 is 2.04 bits per heavy atom. The summed E-state index contributed by atoms with van der Waals surface area (Å²) in [5, 5.41) is 2.23. The molecule has 2 aromatic heterocycles. The van der Waals surface area contributed by atoms with Gasteiger partial charge in [-0.05, 0) is 79.2 Å². The number of rotatable bonds is 6. The molecule has 6 aromatic carbocycles. The molecule has 0 unspecified atom stereocenters. The van der Waals surface area contributed by atoms with Crippen molar-refractivity contribution in [2.24, 2.45) is 0 Å². The van der Waals surface area contributed by atoms with Gasteiger partial charge in [-0.1, -0.05) is 84.4 Å². The van der Waals surface area contributed by atoms with Gasteiger partial charge in [0.25, 0.3) is 0 Å². The van der Waals surface area contributed by atoms with Crippen LogP contribution in [0.15, 0.2) is 150 Å². The van der Waals surface area contributed by atoms with Crippen LogP contribution in [0, 0.1) is 13.5 Å². The molecule has 0 aliphatic rings. The van der Waals surface area contributed by atoms with E-state index < -0.39 is 0 Å². The SMILES string of the molecule is [C-]#[N+]/C(=C\c1ccc(N(c2ccccc2)c2ccc(C)cc2)cc1)c1nc2cc3c4ccccc4n(-c4ccccc4)c3cc2o1. The van der Waals surface area contributed by atoms with Crippen molar-refractivity contribution >= 4 is 61.7 Å². The molecule has 0 aliphatic heterocycles. The van der Waals surface area contributed by atoms with Crippen LogP contribution in [-0.4, -0.2) is 9.55 Å². The lowest BCUT2D eigenvalue weighted by Gasteiger charge is -2.25. The first-order valence-corrected chi connectivity index (χ1v) is 15.2. The lowest BCUT2D eigenvalue weighted by Crippen LogP contribution is -2.09. The van der Waals surface area contributed by atoms with Crippen LogP contribution in [0.4, 0.5) is 17.1 Å². The highest BCUT2D eigenvalue weighted by atomic mass is 16.3. The minimum absolute atomic E-state index is 0.308. The summed E-state index contributed by atoms with van der Waals surface area (Å²) in [7, 11) is 0. The van der Waals surface area contributed by atoms with Gasteiger partial charge in [0.2, 0.25) is 11.6 Å². The predicted octanol–water partition coefficient (Wildman–Crippen LogP) is 11.1. The van der Waals surface area contributed by atoms with E-state index in [1.807, 2.05) is 60.7 Å². The molecular formula is C41H28N4O. The van der Waals surface area contributed by atoms with Crippen LogP contribution < -0.4 is 4.90 Å². The first kappa shape index (κ1) is 27.2. The topological polar surface area (TPSA) is 38.6 Å². The van der Waals surface area contributed by atoms with Crippen molar-refractivity contribution in [1.29, 1.82) is 0 Å². The zero-order chi connectivity index (χ0) is 31.0. The summed E-state index contributed by atoms with van der Waals surface area (Å²) in [6.45, 7) is 10.1. The van der Waals surface area contributed by atoms with E-state index in [1.54, 1.807) is 0 Å². The summed E-state index contributed by atoms with van der Waals surface area (Å²) in [5.74, 6) is 0.308. The van der Waals surface area contributed by atoms with Crippen LogP contribution in [0.5, 0.6) is 0 Å². The van der Waals surface area contributed by atoms with Crippen molar-refractivity contribution in [2.75, 3.05) is 4.90 Å². The quantitative estimate of drug-likeness (QED) is 0.180. The van der Waals surface area contributed by atoms with Gasteiger partial charge in [-0.2, -0.15) is 0 Å². The first-order chi connectivity index (χ1) is 22.7. The van der Waals surface area contributed by atoms with Gasteiger partial charge in [-0.3, -0.25) is 0 Å². The minimum atomic E-state index is 0.308. The number of aryl methyl sites for hydroxylation is 1. The lowest BCUT2D eigenvalue weighted by atomic mass is 10.1. The second kappa shape index (κ2) is 11.3. The van der Waals surface area contributed by atoms with Crippen LogP contribution in [0.25, 0.3) is 55.2 Å². The van der Waals surface area contributed by atoms with E-state index in [4.69, 9.17) is 16.0 Å². The maximum Gasteiger partial charge on any atom is 0.248 e. The number of fused-ring (bicyclic) bond motifs is 4. The largest absolute Gasteiger partial charge is 0.447 e. The molecule has 2 heterocycles. The molecule has 0 saturated carbocycles. The molecule has 8 aromatic rings. The molecule has 0 N–H and O–H groups in total. The van der Waals surface area contributed by atoms with Crippen LogP contribution in [-0.2, 0) is 0 Å². The molecular weight excluding hydrogens is 564 g/mol. The van der Waals surface area contributed by atoms with Crippen molar-refractivity contribution < 1.29 is 4.42 Å². The predicted molar refractivity (Wildman–Crippen MR) is 189 cm³/mol. The summed E-state index contributed by atoms with van der Waals surface area (Å²) in [6, 6.07) is 49.8.